The average molecular weight is 416 g/mol. The minimum absolute atomic E-state index is 0.0585. The number of aryl methyl sites for hydroxylation is 1. The molecule has 146 valence electrons. The molecule has 3 aromatic rings. The van der Waals surface area contributed by atoms with Crippen molar-refractivity contribution in [3.8, 4) is 17.6 Å². The maximum absolute atomic E-state index is 11.5. The molecule has 0 radical (unpaired) electrons. The van der Waals surface area contributed by atoms with Crippen LogP contribution < -0.4 is 10.0 Å². The molecule has 0 aliphatic heterocycles. The predicted molar refractivity (Wildman–Crippen MR) is 114 cm³/mol. The molecule has 2 aromatic carbocycles. The van der Waals surface area contributed by atoms with Gasteiger partial charge in [-0.1, -0.05) is 24.0 Å². The van der Waals surface area contributed by atoms with Gasteiger partial charge in [0, 0.05) is 17.8 Å². The molecule has 0 atom stereocenters. The van der Waals surface area contributed by atoms with Gasteiger partial charge in [0.25, 0.3) is 0 Å². The van der Waals surface area contributed by atoms with Gasteiger partial charge in [-0.25, -0.2) is 18.1 Å². The summed E-state index contributed by atoms with van der Waals surface area (Å²) < 4.78 is 26.6. The van der Waals surface area contributed by atoms with Gasteiger partial charge in [-0.05, 0) is 43.7 Å². The number of fused-ring (bicyclic) bond motifs is 1. The topological polar surface area (TPSA) is 91.3 Å². The zero-order valence-corrected chi connectivity index (χ0v) is 17.2. The Morgan fingerprint density at radius 3 is 2.86 bits per heavy atom. The molecule has 0 saturated heterocycles. The molecule has 0 bridgehead atoms. The van der Waals surface area contributed by atoms with E-state index in [9.17, 15) is 13.5 Å². The molecule has 28 heavy (non-hydrogen) atoms. The molecule has 3 rings (SSSR count). The van der Waals surface area contributed by atoms with Crippen LogP contribution in [0.3, 0.4) is 0 Å². The SMILES string of the molecule is CCS(=O)(=O)NCc1cccc(NCC#Cc2cc(O)c3nc(C)sc3c2)c1. The number of aromatic hydroxyl groups is 1. The third-order valence-corrected chi connectivity index (χ3v) is 6.26. The molecular formula is C20H21N3O3S2. The Labute approximate surface area is 168 Å². The van der Waals surface area contributed by atoms with Gasteiger partial charge in [0.1, 0.15) is 11.3 Å². The molecule has 0 unspecified atom stereocenters. The first kappa shape index (κ1) is 20.1. The van der Waals surface area contributed by atoms with Gasteiger partial charge in [-0.2, -0.15) is 0 Å². The van der Waals surface area contributed by atoms with E-state index < -0.39 is 10.0 Å². The lowest BCUT2D eigenvalue weighted by molar-refractivity contribution is 0.480. The highest BCUT2D eigenvalue weighted by Crippen LogP contribution is 2.30. The van der Waals surface area contributed by atoms with Gasteiger partial charge in [-0.3, -0.25) is 0 Å². The largest absolute Gasteiger partial charge is 0.506 e. The monoisotopic (exact) mass is 415 g/mol. The van der Waals surface area contributed by atoms with Crippen molar-refractivity contribution >= 4 is 37.3 Å². The fraction of sp³-hybridized carbons (Fsp3) is 0.250. The van der Waals surface area contributed by atoms with Gasteiger partial charge in [-0.15, -0.1) is 11.3 Å². The van der Waals surface area contributed by atoms with Crippen molar-refractivity contribution in [2.24, 2.45) is 0 Å². The molecule has 0 fully saturated rings. The second-order valence-electron chi connectivity index (χ2n) is 6.16. The van der Waals surface area contributed by atoms with Gasteiger partial charge in [0.2, 0.25) is 10.0 Å². The minimum atomic E-state index is -3.22. The molecule has 0 spiro atoms. The number of thiazole rings is 1. The molecule has 8 heteroatoms. The van der Waals surface area contributed by atoms with Gasteiger partial charge >= 0.3 is 0 Å². The summed E-state index contributed by atoms with van der Waals surface area (Å²) in [5.41, 5.74) is 3.07. The third-order valence-electron chi connectivity index (χ3n) is 4.00. The highest BCUT2D eigenvalue weighted by Gasteiger charge is 2.07. The second kappa shape index (κ2) is 8.61. The normalized spacial score (nSPS) is 11.2. The first-order valence-electron chi connectivity index (χ1n) is 8.75. The Balaban J connectivity index is 1.62. The summed E-state index contributed by atoms with van der Waals surface area (Å²) in [4.78, 5) is 4.30. The van der Waals surface area contributed by atoms with Crippen LogP contribution in [0.25, 0.3) is 10.2 Å². The van der Waals surface area contributed by atoms with Crippen molar-refractivity contribution in [1.29, 1.82) is 0 Å². The first-order chi connectivity index (χ1) is 13.4. The second-order valence-corrected chi connectivity index (χ2v) is 9.49. The number of rotatable bonds is 6. The number of aromatic nitrogens is 1. The minimum Gasteiger partial charge on any atom is -0.506 e. The lowest BCUT2D eigenvalue weighted by atomic mass is 10.2. The van der Waals surface area contributed by atoms with Gasteiger partial charge in [0.05, 0.1) is 22.0 Å². The van der Waals surface area contributed by atoms with Crippen LogP contribution in [0.15, 0.2) is 36.4 Å². The van der Waals surface area contributed by atoms with Crippen molar-refractivity contribution in [2.75, 3.05) is 17.6 Å². The van der Waals surface area contributed by atoms with E-state index in [1.54, 1.807) is 13.0 Å². The van der Waals surface area contributed by atoms with E-state index in [1.807, 2.05) is 37.3 Å². The standard InChI is InChI=1S/C20H21N3O3S2/c1-3-28(25,26)22-13-16-6-4-8-17(10-16)21-9-5-7-15-11-18(24)20-19(12-15)27-14(2)23-20/h4,6,8,10-12,21-22,24H,3,9,13H2,1-2H3. The number of hydrogen-bond donors (Lipinski definition) is 3. The van der Waals surface area contributed by atoms with E-state index in [4.69, 9.17) is 0 Å². The average Bonchev–Trinajstić information content (AvgIpc) is 3.05. The van der Waals surface area contributed by atoms with Crippen LogP contribution in [-0.4, -0.2) is 30.8 Å². The highest BCUT2D eigenvalue weighted by atomic mass is 32.2. The quantitative estimate of drug-likeness (QED) is 0.538. The Morgan fingerprint density at radius 1 is 1.25 bits per heavy atom. The molecule has 3 N–H and O–H groups in total. The molecule has 1 heterocycles. The fourth-order valence-electron chi connectivity index (χ4n) is 2.57. The molecular weight excluding hydrogens is 394 g/mol. The van der Waals surface area contributed by atoms with Crippen LogP contribution in [0, 0.1) is 18.8 Å². The van der Waals surface area contributed by atoms with Crippen LogP contribution in [0.1, 0.15) is 23.1 Å². The molecule has 0 saturated carbocycles. The lowest BCUT2D eigenvalue weighted by Gasteiger charge is -2.07. The highest BCUT2D eigenvalue weighted by molar-refractivity contribution is 7.89. The Morgan fingerprint density at radius 2 is 2.07 bits per heavy atom. The van der Waals surface area contributed by atoms with E-state index in [-0.39, 0.29) is 18.0 Å². The van der Waals surface area contributed by atoms with Gasteiger partial charge in [0.15, 0.2) is 0 Å². The van der Waals surface area contributed by atoms with E-state index in [0.717, 1.165) is 26.5 Å². The maximum Gasteiger partial charge on any atom is 0.211 e. The van der Waals surface area contributed by atoms with E-state index in [1.165, 1.54) is 11.3 Å². The van der Waals surface area contributed by atoms with Crippen LogP contribution >= 0.6 is 11.3 Å². The third kappa shape index (κ3) is 5.23. The summed E-state index contributed by atoms with van der Waals surface area (Å²) in [5, 5.41) is 14.2. The number of phenolic OH excluding ortho intramolecular Hbond substituents is 1. The van der Waals surface area contributed by atoms with Crippen LogP contribution in [0.4, 0.5) is 5.69 Å². The number of nitrogens with zero attached hydrogens (tertiary/aromatic N) is 1. The zero-order valence-electron chi connectivity index (χ0n) is 15.6. The summed E-state index contributed by atoms with van der Waals surface area (Å²) >= 11 is 1.52. The summed E-state index contributed by atoms with van der Waals surface area (Å²) in [5.74, 6) is 6.27. The Bertz CT molecular complexity index is 1160. The van der Waals surface area contributed by atoms with Crippen molar-refractivity contribution in [3.05, 3.63) is 52.5 Å². The summed E-state index contributed by atoms with van der Waals surface area (Å²) in [6.45, 7) is 4.18. The molecule has 0 amide bonds. The number of hydrogen-bond acceptors (Lipinski definition) is 6. The van der Waals surface area contributed by atoms with Crippen LogP contribution in [0.2, 0.25) is 0 Å². The van der Waals surface area contributed by atoms with Crippen molar-refractivity contribution < 1.29 is 13.5 Å². The fourth-order valence-corrected chi connectivity index (χ4v) is 4.05. The van der Waals surface area contributed by atoms with Crippen LogP contribution in [0.5, 0.6) is 5.75 Å². The van der Waals surface area contributed by atoms with Crippen LogP contribution in [-0.2, 0) is 16.6 Å². The smallest absolute Gasteiger partial charge is 0.211 e. The van der Waals surface area contributed by atoms with E-state index in [0.29, 0.717) is 12.1 Å². The van der Waals surface area contributed by atoms with Crippen molar-refractivity contribution in [2.45, 2.75) is 20.4 Å². The van der Waals surface area contributed by atoms with Crippen molar-refractivity contribution in [3.63, 3.8) is 0 Å². The Hall–Kier alpha value is -2.60. The molecule has 1 aromatic heterocycles. The number of nitrogens with one attached hydrogen (secondary N) is 2. The summed E-state index contributed by atoms with van der Waals surface area (Å²) in [6.07, 6.45) is 0. The maximum atomic E-state index is 11.5. The predicted octanol–water partition coefficient (Wildman–Crippen LogP) is 3.21. The molecule has 6 nitrogen and oxygen atoms in total. The van der Waals surface area contributed by atoms with E-state index >= 15 is 0 Å². The number of anilines is 1. The Kier molecular flexibility index (Phi) is 6.19. The van der Waals surface area contributed by atoms with Gasteiger partial charge < -0.3 is 10.4 Å². The summed E-state index contributed by atoms with van der Waals surface area (Å²) in [7, 11) is -3.22. The molecule has 0 aliphatic rings. The van der Waals surface area contributed by atoms with E-state index in [2.05, 4.69) is 26.9 Å². The summed E-state index contributed by atoms with van der Waals surface area (Å²) in [6, 6.07) is 11.1. The first-order valence-corrected chi connectivity index (χ1v) is 11.2. The number of sulfonamides is 1. The number of phenols is 1. The van der Waals surface area contributed by atoms with Crippen molar-refractivity contribution in [1.82, 2.24) is 9.71 Å². The zero-order chi connectivity index (χ0) is 20.1. The number of benzene rings is 2. The lowest BCUT2D eigenvalue weighted by Crippen LogP contribution is -2.24. The molecule has 0 aliphatic carbocycles.